The maximum absolute atomic E-state index is 11.9. The molecular formula is C19H15N3O. The predicted molar refractivity (Wildman–Crippen MR) is 91.9 cm³/mol. The molecule has 4 heteroatoms. The standard InChI is InChI=1S/C19H15N3O/c1-13-12-16(23)20-19-17(13)18(14-8-4-2-5-9-14)21-22(19)15-10-6-3-7-11-15/h2-12H,1H3,(H,20,23). The predicted octanol–water partition coefficient (Wildman–Crippen LogP) is 3.69. The third kappa shape index (κ3) is 2.25. The van der Waals surface area contributed by atoms with Crippen molar-refractivity contribution < 1.29 is 0 Å². The first kappa shape index (κ1) is 13.5. The van der Waals surface area contributed by atoms with Crippen LogP contribution in [-0.2, 0) is 0 Å². The Kier molecular flexibility index (Phi) is 3.08. The SMILES string of the molecule is Cc1cc(=O)[nH]c2c1c(-c1ccccc1)nn2-c1ccccc1. The Labute approximate surface area is 133 Å². The molecule has 1 N–H and O–H groups in total. The average molecular weight is 301 g/mol. The number of aromatic nitrogens is 3. The molecule has 2 aromatic heterocycles. The molecule has 2 heterocycles. The number of pyridine rings is 1. The van der Waals surface area contributed by atoms with Gasteiger partial charge in [-0.1, -0.05) is 48.5 Å². The second-order valence-electron chi connectivity index (χ2n) is 5.50. The molecule has 0 saturated carbocycles. The van der Waals surface area contributed by atoms with Crippen molar-refractivity contribution in [2.45, 2.75) is 6.92 Å². The lowest BCUT2D eigenvalue weighted by Gasteiger charge is -2.02. The summed E-state index contributed by atoms with van der Waals surface area (Å²) < 4.78 is 1.80. The van der Waals surface area contributed by atoms with Gasteiger partial charge in [-0.3, -0.25) is 4.79 Å². The van der Waals surface area contributed by atoms with Gasteiger partial charge in [0.15, 0.2) is 0 Å². The molecule has 0 radical (unpaired) electrons. The van der Waals surface area contributed by atoms with Crippen LogP contribution in [0.5, 0.6) is 0 Å². The van der Waals surface area contributed by atoms with Crippen LogP contribution in [0, 0.1) is 6.92 Å². The Morgan fingerprint density at radius 3 is 2.30 bits per heavy atom. The summed E-state index contributed by atoms with van der Waals surface area (Å²) in [6.07, 6.45) is 0. The second kappa shape index (κ2) is 5.25. The van der Waals surface area contributed by atoms with Gasteiger partial charge >= 0.3 is 0 Å². The third-order valence-electron chi connectivity index (χ3n) is 3.92. The number of fused-ring (bicyclic) bond motifs is 1. The fraction of sp³-hybridized carbons (Fsp3) is 0.0526. The third-order valence-corrected chi connectivity index (χ3v) is 3.92. The van der Waals surface area contributed by atoms with E-state index in [4.69, 9.17) is 5.10 Å². The van der Waals surface area contributed by atoms with Gasteiger partial charge in [0.1, 0.15) is 11.3 Å². The Bertz CT molecular complexity index is 1030. The van der Waals surface area contributed by atoms with Crippen LogP contribution in [0.3, 0.4) is 0 Å². The molecule has 4 rings (SSSR count). The van der Waals surface area contributed by atoms with E-state index in [2.05, 4.69) is 4.98 Å². The summed E-state index contributed by atoms with van der Waals surface area (Å²) in [5, 5.41) is 5.75. The average Bonchev–Trinajstić information content (AvgIpc) is 2.96. The molecule has 2 aromatic carbocycles. The largest absolute Gasteiger partial charge is 0.306 e. The van der Waals surface area contributed by atoms with Crippen LogP contribution in [-0.4, -0.2) is 14.8 Å². The molecule has 0 bridgehead atoms. The number of nitrogens with one attached hydrogen (secondary N) is 1. The molecule has 4 aromatic rings. The monoisotopic (exact) mass is 301 g/mol. The molecule has 0 aliphatic heterocycles. The maximum atomic E-state index is 11.9. The van der Waals surface area contributed by atoms with Gasteiger partial charge < -0.3 is 4.98 Å². The number of aryl methyl sites for hydroxylation is 1. The van der Waals surface area contributed by atoms with Gasteiger partial charge in [-0.2, -0.15) is 5.10 Å². The first-order valence-electron chi connectivity index (χ1n) is 7.47. The fourth-order valence-corrected chi connectivity index (χ4v) is 2.88. The van der Waals surface area contributed by atoms with Gasteiger partial charge in [0.25, 0.3) is 0 Å². The Hall–Kier alpha value is -3.14. The highest BCUT2D eigenvalue weighted by Gasteiger charge is 2.16. The zero-order chi connectivity index (χ0) is 15.8. The summed E-state index contributed by atoms with van der Waals surface area (Å²) in [6.45, 7) is 1.95. The summed E-state index contributed by atoms with van der Waals surface area (Å²) in [7, 11) is 0. The van der Waals surface area contributed by atoms with Crippen LogP contribution in [0.1, 0.15) is 5.56 Å². The molecule has 0 unspecified atom stereocenters. The smallest absolute Gasteiger partial charge is 0.249 e. The maximum Gasteiger partial charge on any atom is 0.249 e. The molecule has 0 amide bonds. The van der Waals surface area contributed by atoms with E-state index in [0.29, 0.717) is 0 Å². The van der Waals surface area contributed by atoms with E-state index in [1.165, 1.54) is 0 Å². The summed E-state index contributed by atoms with van der Waals surface area (Å²) in [5.74, 6) is 0. The van der Waals surface area contributed by atoms with Gasteiger partial charge in [0, 0.05) is 17.0 Å². The molecule has 112 valence electrons. The van der Waals surface area contributed by atoms with E-state index in [9.17, 15) is 4.79 Å². The van der Waals surface area contributed by atoms with Crippen LogP contribution >= 0.6 is 0 Å². The van der Waals surface area contributed by atoms with E-state index in [1.54, 1.807) is 10.7 Å². The summed E-state index contributed by atoms with van der Waals surface area (Å²) in [6, 6.07) is 21.5. The lowest BCUT2D eigenvalue weighted by atomic mass is 10.1. The first-order valence-corrected chi connectivity index (χ1v) is 7.47. The van der Waals surface area contributed by atoms with Crippen LogP contribution in [0.15, 0.2) is 71.5 Å². The van der Waals surface area contributed by atoms with Gasteiger partial charge in [-0.05, 0) is 24.6 Å². The molecule has 0 aliphatic rings. The van der Waals surface area contributed by atoms with Crippen LogP contribution in [0.25, 0.3) is 28.0 Å². The van der Waals surface area contributed by atoms with Gasteiger partial charge in [-0.15, -0.1) is 0 Å². The lowest BCUT2D eigenvalue weighted by Crippen LogP contribution is -2.07. The minimum absolute atomic E-state index is 0.119. The zero-order valence-electron chi connectivity index (χ0n) is 12.7. The van der Waals surface area contributed by atoms with Crippen LogP contribution < -0.4 is 5.56 Å². The minimum Gasteiger partial charge on any atom is -0.306 e. The molecule has 0 aliphatic carbocycles. The van der Waals surface area contributed by atoms with E-state index in [0.717, 1.165) is 33.5 Å². The van der Waals surface area contributed by atoms with Crippen LogP contribution in [0.2, 0.25) is 0 Å². The number of hydrogen-bond donors (Lipinski definition) is 1. The van der Waals surface area contributed by atoms with Gasteiger partial charge in [0.05, 0.1) is 5.69 Å². The van der Waals surface area contributed by atoms with E-state index >= 15 is 0 Å². The molecule has 0 saturated heterocycles. The van der Waals surface area contributed by atoms with Crippen LogP contribution in [0.4, 0.5) is 0 Å². The number of hydrogen-bond acceptors (Lipinski definition) is 2. The molecule has 0 atom stereocenters. The highest BCUT2D eigenvalue weighted by Crippen LogP contribution is 2.30. The minimum atomic E-state index is -0.119. The Balaban J connectivity index is 2.11. The Morgan fingerprint density at radius 1 is 0.957 bits per heavy atom. The normalized spacial score (nSPS) is 11.0. The van der Waals surface area contributed by atoms with Crippen molar-refractivity contribution in [1.29, 1.82) is 0 Å². The topological polar surface area (TPSA) is 50.7 Å². The number of aromatic amines is 1. The lowest BCUT2D eigenvalue weighted by molar-refractivity contribution is 0.898. The van der Waals surface area contributed by atoms with E-state index in [1.807, 2.05) is 67.6 Å². The summed E-state index contributed by atoms with van der Waals surface area (Å²) in [4.78, 5) is 14.9. The highest BCUT2D eigenvalue weighted by molar-refractivity contribution is 5.94. The van der Waals surface area contributed by atoms with Gasteiger partial charge in [0.2, 0.25) is 5.56 Å². The van der Waals surface area contributed by atoms with E-state index < -0.39 is 0 Å². The number of benzene rings is 2. The van der Waals surface area contributed by atoms with Crippen molar-refractivity contribution in [2.24, 2.45) is 0 Å². The molecular weight excluding hydrogens is 286 g/mol. The van der Waals surface area contributed by atoms with Crippen molar-refractivity contribution in [3.63, 3.8) is 0 Å². The fourth-order valence-electron chi connectivity index (χ4n) is 2.88. The zero-order valence-corrected chi connectivity index (χ0v) is 12.7. The highest BCUT2D eigenvalue weighted by atomic mass is 16.1. The van der Waals surface area contributed by atoms with Crippen molar-refractivity contribution >= 4 is 11.0 Å². The number of nitrogens with zero attached hydrogens (tertiary/aromatic N) is 2. The second-order valence-corrected chi connectivity index (χ2v) is 5.50. The number of rotatable bonds is 2. The summed E-state index contributed by atoms with van der Waals surface area (Å²) >= 11 is 0. The quantitative estimate of drug-likeness (QED) is 0.614. The molecule has 0 spiro atoms. The molecule has 4 nitrogen and oxygen atoms in total. The molecule has 0 fully saturated rings. The number of H-pyrrole nitrogens is 1. The van der Waals surface area contributed by atoms with Crippen molar-refractivity contribution in [3.05, 3.63) is 82.6 Å². The van der Waals surface area contributed by atoms with E-state index in [-0.39, 0.29) is 5.56 Å². The van der Waals surface area contributed by atoms with Gasteiger partial charge in [-0.25, -0.2) is 4.68 Å². The van der Waals surface area contributed by atoms with Crippen molar-refractivity contribution in [2.75, 3.05) is 0 Å². The van der Waals surface area contributed by atoms with Crippen molar-refractivity contribution in [1.82, 2.24) is 14.8 Å². The van der Waals surface area contributed by atoms with Crippen molar-refractivity contribution in [3.8, 4) is 16.9 Å². The first-order chi connectivity index (χ1) is 11.2. The number of para-hydroxylation sites is 1. The Morgan fingerprint density at radius 2 is 1.61 bits per heavy atom. The summed E-state index contributed by atoms with van der Waals surface area (Å²) in [5.41, 5.74) is 4.35. The molecule has 23 heavy (non-hydrogen) atoms.